The van der Waals surface area contributed by atoms with Gasteiger partial charge in [0.25, 0.3) is 0 Å². The molecular weight excluding hydrogens is 356 g/mol. The molecular formula is C18H19ClN4OS. The minimum atomic E-state index is 0.483. The van der Waals surface area contributed by atoms with Crippen LogP contribution in [0.2, 0.25) is 5.02 Å². The standard InChI is InChI=1S/C18H19ClN4OS/c19-16-6-2-1-5-15(16)18-21-20-17(24-18)13-23-9-7-22(8-10-23)12-14-4-3-11-25-14/h1-6,11H,7-10,12-13H2. The van der Waals surface area contributed by atoms with Crippen molar-refractivity contribution in [3.8, 4) is 11.5 Å². The molecule has 1 aliphatic heterocycles. The number of hydrogen-bond acceptors (Lipinski definition) is 6. The molecule has 0 N–H and O–H groups in total. The Labute approximate surface area is 155 Å². The molecule has 1 saturated heterocycles. The summed E-state index contributed by atoms with van der Waals surface area (Å²) in [7, 11) is 0. The van der Waals surface area contributed by atoms with Crippen LogP contribution in [0.4, 0.5) is 0 Å². The minimum absolute atomic E-state index is 0.483. The van der Waals surface area contributed by atoms with Crippen molar-refractivity contribution in [2.24, 2.45) is 0 Å². The van der Waals surface area contributed by atoms with Crippen LogP contribution in [0.5, 0.6) is 0 Å². The lowest BCUT2D eigenvalue weighted by molar-refractivity contribution is 0.115. The predicted octanol–water partition coefficient (Wildman–Crippen LogP) is 3.77. The second-order valence-electron chi connectivity index (χ2n) is 6.11. The zero-order chi connectivity index (χ0) is 17.1. The van der Waals surface area contributed by atoms with Crippen molar-refractivity contribution in [1.82, 2.24) is 20.0 Å². The third-order valence-corrected chi connectivity index (χ3v) is 5.55. The fourth-order valence-electron chi connectivity index (χ4n) is 2.98. The second kappa shape index (κ2) is 7.66. The molecule has 130 valence electrons. The van der Waals surface area contributed by atoms with Gasteiger partial charge in [0.2, 0.25) is 11.8 Å². The maximum atomic E-state index is 6.19. The van der Waals surface area contributed by atoms with Crippen molar-refractivity contribution in [3.05, 3.63) is 57.6 Å². The molecule has 3 heterocycles. The van der Waals surface area contributed by atoms with Crippen molar-refractivity contribution in [2.45, 2.75) is 13.1 Å². The number of aromatic nitrogens is 2. The van der Waals surface area contributed by atoms with E-state index >= 15 is 0 Å². The van der Waals surface area contributed by atoms with E-state index < -0.39 is 0 Å². The van der Waals surface area contributed by atoms with E-state index in [2.05, 4.69) is 37.5 Å². The number of piperazine rings is 1. The van der Waals surface area contributed by atoms with E-state index in [1.54, 1.807) is 0 Å². The normalized spacial score (nSPS) is 16.4. The number of rotatable bonds is 5. The van der Waals surface area contributed by atoms with Crippen molar-refractivity contribution < 1.29 is 4.42 Å². The molecule has 1 aliphatic rings. The largest absolute Gasteiger partial charge is 0.419 e. The minimum Gasteiger partial charge on any atom is -0.419 e. The predicted molar refractivity (Wildman–Crippen MR) is 99.6 cm³/mol. The van der Waals surface area contributed by atoms with Crippen LogP contribution in [0.3, 0.4) is 0 Å². The average Bonchev–Trinajstić information content (AvgIpc) is 3.29. The quantitative estimate of drug-likeness (QED) is 0.680. The Bertz CT molecular complexity index is 812. The van der Waals surface area contributed by atoms with Crippen LogP contribution in [-0.2, 0) is 13.1 Å². The zero-order valence-corrected chi connectivity index (χ0v) is 15.3. The topological polar surface area (TPSA) is 45.4 Å². The maximum Gasteiger partial charge on any atom is 0.249 e. The van der Waals surface area contributed by atoms with E-state index in [0.29, 0.717) is 23.3 Å². The number of halogens is 1. The maximum absolute atomic E-state index is 6.19. The van der Waals surface area contributed by atoms with Crippen LogP contribution in [0, 0.1) is 0 Å². The monoisotopic (exact) mass is 374 g/mol. The molecule has 1 fully saturated rings. The summed E-state index contributed by atoms with van der Waals surface area (Å²) in [6.07, 6.45) is 0. The van der Waals surface area contributed by atoms with Crippen LogP contribution >= 0.6 is 22.9 Å². The molecule has 2 aromatic heterocycles. The van der Waals surface area contributed by atoms with Crippen molar-refractivity contribution in [2.75, 3.05) is 26.2 Å². The lowest BCUT2D eigenvalue weighted by atomic mass is 10.2. The first-order chi connectivity index (χ1) is 12.3. The second-order valence-corrected chi connectivity index (χ2v) is 7.55. The molecule has 0 bridgehead atoms. The van der Waals surface area contributed by atoms with E-state index in [-0.39, 0.29) is 0 Å². The van der Waals surface area contributed by atoms with Gasteiger partial charge in [0.05, 0.1) is 17.1 Å². The molecule has 0 radical (unpaired) electrons. The highest BCUT2D eigenvalue weighted by molar-refractivity contribution is 7.09. The molecule has 4 rings (SSSR count). The van der Waals surface area contributed by atoms with Crippen LogP contribution in [0.1, 0.15) is 10.8 Å². The summed E-state index contributed by atoms with van der Waals surface area (Å²) < 4.78 is 5.81. The van der Waals surface area contributed by atoms with E-state index in [1.807, 2.05) is 35.6 Å². The van der Waals surface area contributed by atoms with Crippen molar-refractivity contribution in [3.63, 3.8) is 0 Å². The van der Waals surface area contributed by atoms with Gasteiger partial charge in [0, 0.05) is 37.6 Å². The number of benzene rings is 1. The number of nitrogens with zero attached hydrogens (tertiary/aromatic N) is 4. The fraction of sp³-hybridized carbons (Fsp3) is 0.333. The van der Waals surface area contributed by atoms with E-state index in [0.717, 1.165) is 38.3 Å². The zero-order valence-electron chi connectivity index (χ0n) is 13.8. The summed E-state index contributed by atoms with van der Waals surface area (Å²) in [6.45, 7) is 5.87. The first-order valence-corrected chi connectivity index (χ1v) is 9.58. The van der Waals surface area contributed by atoms with Crippen LogP contribution in [0.25, 0.3) is 11.5 Å². The fourth-order valence-corrected chi connectivity index (χ4v) is 3.94. The molecule has 0 saturated carbocycles. The molecule has 3 aromatic rings. The molecule has 5 nitrogen and oxygen atoms in total. The summed E-state index contributed by atoms with van der Waals surface area (Å²) >= 11 is 8.01. The first kappa shape index (κ1) is 16.7. The smallest absolute Gasteiger partial charge is 0.249 e. The Hall–Kier alpha value is -1.73. The van der Waals surface area contributed by atoms with Crippen molar-refractivity contribution >= 4 is 22.9 Å². The Morgan fingerprint density at radius 2 is 1.72 bits per heavy atom. The van der Waals surface area contributed by atoms with Gasteiger partial charge in [-0.05, 0) is 23.6 Å². The molecule has 0 unspecified atom stereocenters. The molecule has 0 aliphatic carbocycles. The van der Waals surface area contributed by atoms with Crippen LogP contribution in [0.15, 0.2) is 46.2 Å². The average molecular weight is 375 g/mol. The molecule has 7 heteroatoms. The van der Waals surface area contributed by atoms with Crippen LogP contribution in [-0.4, -0.2) is 46.2 Å². The lowest BCUT2D eigenvalue weighted by Crippen LogP contribution is -2.45. The van der Waals surface area contributed by atoms with Gasteiger partial charge >= 0.3 is 0 Å². The van der Waals surface area contributed by atoms with E-state index in [1.165, 1.54) is 4.88 Å². The summed E-state index contributed by atoms with van der Waals surface area (Å²) in [4.78, 5) is 6.27. The summed E-state index contributed by atoms with van der Waals surface area (Å²) in [5.41, 5.74) is 0.781. The van der Waals surface area contributed by atoms with Gasteiger partial charge < -0.3 is 4.42 Å². The molecule has 0 spiro atoms. The Morgan fingerprint density at radius 1 is 0.960 bits per heavy atom. The molecule has 0 atom stereocenters. The van der Waals surface area contributed by atoms with Crippen LogP contribution < -0.4 is 0 Å². The lowest BCUT2D eigenvalue weighted by Gasteiger charge is -2.33. The number of thiophene rings is 1. The van der Waals surface area contributed by atoms with Gasteiger partial charge in [-0.25, -0.2) is 0 Å². The summed E-state index contributed by atoms with van der Waals surface area (Å²) in [6, 6.07) is 11.8. The third kappa shape index (κ3) is 4.10. The highest BCUT2D eigenvalue weighted by atomic mass is 35.5. The van der Waals surface area contributed by atoms with Crippen molar-refractivity contribution in [1.29, 1.82) is 0 Å². The Balaban J connectivity index is 1.32. The van der Waals surface area contributed by atoms with Gasteiger partial charge in [-0.1, -0.05) is 29.8 Å². The van der Waals surface area contributed by atoms with E-state index in [9.17, 15) is 0 Å². The highest BCUT2D eigenvalue weighted by Gasteiger charge is 2.20. The summed E-state index contributed by atoms with van der Waals surface area (Å²) in [5, 5.41) is 11.1. The third-order valence-electron chi connectivity index (χ3n) is 4.35. The van der Waals surface area contributed by atoms with Gasteiger partial charge in [0.15, 0.2) is 0 Å². The van der Waals surface area contributed by atoms with E-state index in [4.69, 9.17) is 16.0 Å². The van der Waals surface area contributed by atoms with Gasteiger partial charge in [0.1, 0.15) is 0 Å². The Morgan fingerprint density at radius 3 is 2.44 bits per heavy atom. The van der Waals surface area contributed by atoms with Gasteiger partial charge in [-0.2, -0.15) is 0 Å². The Kier molecular flexibility index (Phi) is 5.12. The molecule has 25 heavy (non-hydrogen) atoms. The number of hydrogen-bond donors (Lipinski definition) is 0. The first-order valence-electron chi connectivity index (χ1n) is 8.32. The SMILES string of the molecule is Clc1ccccc1-c1nnc(CN2CCN(Cc3cccs3)CC2)o1. The molecule has 1 aromatic carbocycles. The highest BCUT2D eigenvalue weighted by Crippen LogP contribution is 2.26. The summed E-state index contributed by atoms with van der Waals surface area (Å²) in [5.74, 6) is 1.12. The molecule has 0 amide bonds. The van der Waals surface area contributed by atoms with Gasteiger partial charge in [-0.3, -0.25) is 9.80 Å². The van der Waals surface area contributed by atoms with Gasteiger partial charge in [-0.15, -0.1) is 21.5 Å².